The molecule has 1 nitrogen and oxygen atoms in total. The van der Waals surface area contributed by atoms with Crippen molar-refractivity contribution in [2.75, 3.05) is 6.54 Å². The zero-order chi connectivity index (χ0) is 8.97. The van der Waals surface area contributed by atoms with E-state index in [1.165, 1.54) is 25.7 Å². The molecule has 2 unspecified atom stereocenters. The Kier molecular flexibility index (Phi) is 4.07. The van der Waals surface area contributed by atoms with Gasteiger partial charge < -0.3 is 5.32 Å². The van der Waals surface area contributed by atoms with Crippen molar-refractivity contribution in [3.8, 4) is 0 Å². The van der Waals surface area contributed by atoms with Crippen molar-refractivity contribution < 1.29 is 0 Å². The second kappa shape index (κ2) is 4.86. The quantitative estimate of drug-likeness (QED) is 0.667. The highest BCUT2D eigenvalue weighted by molar-refractivity contribution is 4.77. The molecular weight excluding hydrogens is 146 g/mol. The summed E-state index contributed by atoms with van der Waals surface area (Å²) in [6, 6.07) is 0.714. The Morgan fingerprint density at radius 3 is 2.42 bits per heavy atom. The van der Waals surface area contributed by atoms with Crippen molar-refractivity contribution in [2.24, 2.45) is 11.8 Å². The predicted molar refractivity (Wildman–Crippen MR) is 54.3 cm³/mol. The lowest BCUT2D eigenvalue weighted by molar-refractivity contribution is 0.198. The van der Waals surface area contributed by atoms with Gasteiger partial charge in [0.1, 0.15) is 0 Å². The van der Waals surface area contributed by atoms with E-state index in [1.807, 2.05) is 0 Å². The lowest BCUT2D eigenvalue weighted by Crippen LogP contribution is -2.31. The smallest absolute Gasteiger partial charge is 0.00412 e. The second-order valence-electron chi connectivity index (χ2n) is 4.36. The minimum absolute atomic E-state index is 0.714. The molecule has 1 fully saturated rings. The first kappa shape index (κ1) is 10.0. The van der Waals surface area contributed by atoms with E-state index in [0.717, 1.165) is 18.4 Å². The van der Waals surface area contributed by atoms with Crippen LogP contribution in [-0.4, -0.2) is 12.6 Å². The summed E-state index contributed by atoms with van der Waals surface area (Å²) in [6.45, 7) is 8.01. The third-order valence-electron chi connectivity index (χ3n) is 3.23. The lowest BCUT2D eigenvalue weighted by Gasteiger charge is -2.33. The average molecular weight is 169 g/mol. The lowest BCUT2D eigenvalue weighted by atomic mass is 9.74. The van der Waals surface area contributed by atoms with Crippen LogP contribution >= 0.6 is 0 Å². The topological polar surface area (TPSA) is 12.0 Å². The third-order valence-corrected chi connectivity index (χ3v) is 3.23. The monoisotopic (exact) mass is 169 g/mol. The average Bonchev–Trinajstić information content (AvgIpc) is 1.82. The van der Waals surface area contributed by atoms with Crippen molar-refractivity contribution in [1.29, 1.82) is 0 Å². The maximum Gasteiger partial charge on any atom is 0.00412 e. The molecule has 0 saturated heterocycles. The summed E-state index contributed by atoms with van der Waals surface area (Å²) in [4.78, 5) is 0. The van der Waals surface area contributed by atoms with Gasteiger partial charge in [0, 0.05) is 6.04 Å². The third kappa shape index (κ3) is 2.78. The van der Waals surface area contributed by atoms with Gasteiger partial charge in [-0.05, 0) is 31.7 Å². The normalized spacial score (nSPS) is 23.2. The number of hydrogen-bond donors (Lipinski definition) is 1. The number of nitrogens with one attached hydrogen (secondary N) is 1. The van der Waals surface area contributed by atoms with Crippen LogP contribution in [0, 0.1) is 11.8 Å². The van der Waals surface area contributed by atoms with Crippen LogP contribution in [0.2, 0.25) is 0 Å². The van der Waals surface area contributed by atoms with E-state index in [-0.39, 0.29) is 0 Å². The van der Waals surface area contributed by atoms with Crippen molar-refractivity contribution in [1.82, 2.24) is 5.32 Å². The largest absolute Gasteiger partial charge is 0.315 e. The Morgan fingerprint density at radius 2 is 2.00 bits per heavy atom. The van der Waals surface area contributed by atoms with Gasteiger partial charge >= 0.3 is 0 Å². The highest BCUT2D eigenvalue weighted by Gasteiger charge is 2.24. The van der Waals surface area contributed by atoms with Crippen LogP contribution < -0.4 is 5.32 Å². The summed E-state index contributed by atoms with van der Waals surface area (Å²) in [5.41, 5.74) is 0. The predicted octanol–water partition coefficient (Wildman–Crippen LogP) is 2.81. The molecule has 0 amide bonds. The van der Waals surface area contributed by atoms with Crippen LogP contribution in [-0.2, 0) is 0 Å². The Morgan fingerprint density at radius 1 is 1.33 bits per heavy atom. The van der Waals surface area contributed by atoms with Crippen molar-refractivity contribution in [2.45, 2.75) is 52.5 Å². The summed E-state index contributed by atoms with van der Waals surface area (Å²) in [6.07, 6.45) is 5.81. The van der Waals surface area contributed by atoms with Crippen LogP contribution in [0.4, 0.5) is 0 Å². The van der Waals surface area contributed by atoms with E-state index in [0.29, 0.717) is 6.04 Å². The first-order valence-corrected chi connectivity index (χ1v) is 5.47. The molecule has 12 heavy (non-hydrogen) atoms. The van der Waals surface area contributed by atoms with E-state index >= 15 is 0 Å². The molecule has 0 radical (unpaired) electrons. The number of rotatable bonds is 5. The molecule has 1 aliphatic carbocycles. The van der Waals surface area contributed by atoms with Crippen LogP contribution in [0.3, 0.4) is 0 Å². The molecule has 0 spiro atoms. The van der Waals surface area contributed by atoms with Gasteiger partial charge in [0.2, 0.25) is 0 Å². The summed E-state index contributed by atoms with van der Waals surface area (Å²) >= 11 is 0. The highest BCUT2D eigenvalue weighted by atomic mass is 14.9. The van der Waals surface area contributed by atoms with Crippen molar-refractivity contribution in [3.63, 3.8) is 0 Å². The zero-order valence-electron chi connectivity index (χ0n) is 8.77. The van der Waals surface area contributed by atoms with Gasteiger partial charge in [-0.15, -0.1) is 0 Å². The Balaban J connectivity index is 2.11. The van der Waals surface area contributed by atoms with Gasteiger partial charge in [0.25, 0.3) is 0 Å². The van der Waals surface area contributed by atoms with Gasteiger partial charge in [-0.25, -0.2) is 0 Å². The molecule has 0 aliphatic heterocycles. The van der Waals surface area contributed by atoms with E-state index in [1.54, 1.807) is 0 Å². The fourth-order valence-electron chi connectivity index (χ4n) is 2.19. The molecule has 0 bridgehead atoms. The first-order chi connectivity index (χ1) is 5.74. The highest BCUT2D eigenvalue weighted by Crippen LogP contribution is 2.35. The van der Waals surface area contributed by atoms with Gasteiger partial charge in [0.05, 0.1) is 0 Å². The molecule has 2 atom stereocenters. The molecule has 0 aromatic heterocycles. The Hall–Kier alpha value is -0.0400. The fourth-order valence-corrected chi connectivity index (χ4v) is 2.19. The standard InChI is InChI=1S/C11H23N/c1-4-12-10(3)8-9(2)11-6-5-7-11/h9-12H,4-8H2,1-3H3. The maximum absolute atomic E-state index is 3.48. The molecule has 0 aromatic rings. The van der Waals surface area contributed by atoms with E-state index in [4.69, 9.17) is 0 Å². The second-order valence-corrected chi connectivity index (χ2v) is 4.36. The van der Waals surface area contributed by atoms with E-state index in [9.17, 15) is 0 Å². The summed E-state index contributed by atoms with van der Waals surface area (Å²) in [5, 5.41) is 3.48. The van der Waals surface area contributed by atoms with Crippen molar-refractivity contribution >= 4 is 0 Å². The fraction of sp³-hybridized carbons (Fsp3) is 1.00. The minimum Gasteiger partial charge on any atom is -0.315 e. The summed E-state index contributed by atoms with van der Waals surface area (Å²) in [5.74, 6) is 1.99. The maximum atomic E-state index is 3.48. The van der Waals surface area contributed by atoms with E-state index < -0.39 is 0 Å². The first-order valence-electron chi connectivity index (χ1n) is 5.47. The summed E-state index contributed by atoms with van der Waals surface area (Å²) < 4.78 is 0. The number of hydrogen-bond acceptors (Lipinski definition) is 1. The van der Waals surface area contributed by atoms with Gasteiger partial charge in [-0.1, -0.05) is 33.1 Å². The van der Waals surface area contributed by atoms with Gasteiger partial charge in [-0.2, -0.15) is 0 Å². The molecule has 1 heteroatoms. The molecular formula is C11H23N. The molecule has 72 valence electrons. The van der Waals surface area contributed by atoms with Crippen LogP contribution in [0.25, 0.3) is 0 Å². The zero-order valence-corrected chi connectivity index (χ0v) is 8.77. The minimum atomic E-state index is 0.714. The molecule has 1 N–H and O–H groups in total. The Labute approximate surface area is 76.9 Å². The van der Waals surface area contributed by atoms with Crippen LogP contribution in [0.15, 0.2) is 0 Å². The molecule has 1 saturated carbocycles. The SMILES string of the molecule is CCNC(C)CC(C)C1CCC1. The molecule has 1 aliphatic rings. The molecule has 0 heterocycles. The van der Waals surface area contributed by atoms with Crippen LogP contribution in [0.5, 0.6) is 0 Å². The van der Waals surface area contributed by atoms with Crippen molar-refractivity contribution in [3.05, 3.63) is 0 Å². The molecule has 0 aromatic carbocycles. The van der Waals surface area contributed by atoms with Crippen LogP contribution in [0.1, 0.15) is 46.5 Å². The van der Waals surface area contributed by atoms with E-state index in [2.05, 4.69) is 26.1 Å². The van der Waals surface area contributed by atoms with Gasteiger partial charge in [0.15, 0.2) is 0 Å². The Bertz CT molecular complexity index is 118. The van der Waals surface area contributed by atoms with Gasteiger partial charge in [-0.3, -0.25) is 0 Å². The summed E-state index contributed by atoms with van der Waals surface area (Å²) in [7, 11) is 0. The molecule has 1 rings (SSSR count).